The molecule has 21 heavy (non-hydrogen) atoms. The highest BCUT2D eigenvalue weighted by molar-refractivity contribution is 5.50. The van der Waals surface area contributed by atoms with Crippen molar-refractivity contribution < 1.29 is 4.74 Å². The molecule has 0 bridgehead atoms. The molecule has 1 aliphatic heterocycles. The fraction of sp³-hybridized carbons (Fsp3) is 0.750. The molecule has 1 saturated heterocycles. The maximum atomic E-state index is 5.54. The molecule has 5 heteroatoms. The molecular weight excluding hydrogens is 264 g/mol. The third kappa shape index (κ3) is 4.14. The van der Waals surface area contributed by atoms with Crippen LogP contribution in [-0.4, -0.2) is 42.3 Å². The van der Waals surface area contributed by atoms with Gasteiger partial charge < -0.3 is 15.0 Å². The number of rotatable bonds is 6. The standard InChI is InChI=1S/C16H28N4O/c1-5-6-17-9-14-15(10-18-16(19-14)12(2)3)20-7-8-21-11-13(20)4/h10,12-13,17H,5-9,11H2,1-4H3. The Balaban J connectivity index is 2.24. The summed E-state index contributed by atoms with van der Waals surface area (Å²) in [6, 6.07) is 0.372. The minimum atomic E-state index is 0.353. The van der Waals surface area contributed by atoms with Crippen LogP contribution in [0.25, 0.3) is 0 Å². The van der Waals surface area contributed by atoms with Crippen molar-refractivity contribution in [1.82, 2.24) is 15.3 Å². The van der Waals surface area contributed by atoms with Crippen molar-refractivity contribution in [1.29, 1.82) is 0 Å². The van der Waals surface area contributed by atoms with Crippen LogP contribution >= 0.6 is 0 Å². The van der Waals surface area contributed by atoms with Gasteiger partial charge in [-0.25, -0.2) is 9.97 Å². The fourth-order valence-electron chi connectivity index (χ4n) is 2.54. The molecule has 1 aliphatic rings. The van der Waals surface area contributed by atoms with E-state index in [9.17, 15) is 0 Å². The summed E-state index contributed by atoms with van der Waals surface area (Å²) in [6.45, 7) is 12.9. The smallest absolute Gasteiger partial charge is 0.131 e. The first-order valence-corrected chi connectivity index (χ1v) is 8.04. The minimum absolute atomic E-state index is 0.353. The second-order valence-electron chi connectivity index (χ2n) is 6.01. The minimum Gasteiger partial charge on any atom is -0.377 e. The van der Waals surface area contributed by atoms with Gasteiger partial charge in [0.05, 0.1) is 30.8 Å². The van der Waals surface area contributed by atoms with Crippen molar-refractivity contribution in [3.8, 4) is 0 Å². The highest BCUT2D eigenvalue weighted by Gasteiger charge is 2.23. The number of nitrogens with one attached hydrogen (secondary N) is 1. The van der Waals surface area contributed by atoms with Gasteiger partial charge in [0.15, 0.2) is 0 Å². The fourth-order valence-corrected chi connectivity index (χ4v) is 2.54. The maximum absolute atomic E-state index is 5.54. The molecule has 2 rings (SSSR count). The number of ether oxygens (including phenoxy) is 1. The Morgan fingerprint density at radius 2 is 2.29 bits per heavy atom. The molecule has 0 spiro atoms. The molecular formula is C16H28N4O. The van der Waals surface area contributed by atoms with E-state index >= 15 is 0 Å². The zero-order chi connectivity index (χ0) is 15.2. The summed E-state index contributed by atoms with van der Waals surface area (Å²) in [7, 11) is 0. The largest absolute Gasteiger partial charge is 0.377 e. The highest BCUT2D eigenvalue weighted by atomic mass is 16.5. The van der Waals surface area contributed by atoms with E-state index in [4.69, 9.17) is 9.72 Å². The van der Waals surface area contributed by atoms with Gasteiger partial charge in [-0.1, -0.05) is 20.8 Å². The summed E-state index contributed by atoms with van der Waals surface area (Å²) in [4.78, 5) is 11.7. The van der Waals surface area contributed by atoms with Crippen LogP contribution in [0.5, 0.6) is 0 Å². The number of anilines is 1. The Morgan fingerprint density at radius 1 is 1.48 bits per heavy atom. The van der Waals surface area contributed by atoms with Crippen molar-refractivity contribution in [2.45, 2.75) is 52.6 Å². The number of hydrogen-bond donors (Lipinski definition) is 1. The van der Waals surface area contributed by atoms with E-state index in [1.165, 1.54) is 0 Å². The zero-order valence-electron chi connectivity index (χ0n) is 13.7. The Morgan fingerprint density at radius 3 is 2.95 bits per heavy atom. The Hall–Kier alpha value is -1.20. The monoisotopic (exact) mass is 292 g/mol. The van der Waals surface area contributed by atoms with E-state index in [1.54, 1.807) is 0 Å². The Labute approximate surface area is 128 Å². The first-order valence-electron chi connectivity index (χ1n) is 8.04. The zero-order valence-corrected chi connectivity index (χ0v) is 13.7. The number of morpholine rings is 1. The first kappa shape index (κ1) is 16.2. The van der Waals surface area contributed by atoms with E-state index in [0.717, 1.165) is 56.5 Å². The number of nitrogens with zero attached hydrogens (tertiary/aromatic N) is 3. The van der Waals surface area contributed by atoms with Crippen LogP contribution in [0.4, 0.5) is 5.69 Å². The second kappa shape index (κ2) is 7.71. The van der Waals surface area contributed by atoms with E-state index in [2.05, 4.69) is 42.9 Å². The van der Waals surface area contributed by atoms with Gasteiger partial charge in [0.25, 0.3) is 0 Å². The van der Waals surface area contributed by atoms with Crippen LogP contribution in [0.3, 0.4) is 0 Å². The third-order valence-corrected chi connectivity index (χ3v) is 3.78. The van der Waals surface area contributed by atoms with Crippen molar-refractivity contribution in [3.63, 3.8) is 0 Å². The Bertz CT molecular complexity index is 450. The van der Waals surface area contributed by atoms with E-state index in [-0.39, 0.29) is 0 Å². The SMILES string of the molecule is CCCNCc1nc(C(C)C)ncc1N1CCOCC1C. The lowest BCUT2D eigenvalue weighted by Gasteiger charge is -2.36. The first-order chi connectivity index (χ1) is 10.1. The molecule has 0 radical (unpaired) electrons. The third-order valence-electron chi connectivity index (χ3n) is 3.78. The maximum Gasteiger partial charge on any atom is 0.131 e. The van der Waals surface area contributed by atoms with Crippen molar-refractivity contribution in [3.05, 3.63) is 17.7 Å². The van der Waals surface area contributed by atoms with Gasteiger partial charge in [-0.05, 0) is 19.9 Å². The molecule has 0 aliphatic carbocycles. The quantitative estimate of drug-likeness (QED) is 0.816. The molecule has 2 heterocycles. The van der Waals surface area contributed by atoms with Gasteiger partial charge in [0.2, 0.25) is 0 Å². The van der Waals surface area contributed by atoms with Gasteiger partial charge in [0, 0.05) is 25.0 Å². The van der Waals surface area contributed by atoms with Crippen molar-refractivity contribution >= 4 is 5.69 Å². The van der Waals surface area contributed by atoms with Crippen LogP contribution in [-0.2, 0) is 11.3 Å². The van der Waals surface area contributed by atoms with Crippen molar-refractivity contribution in [2.24, 2.45) is 0 Å². The van der Waals surface area contributed by atoms with Gasteiger partial charge in [-0.3, -0.25) is 0 Å². The predicted molar refractivity (Wildman–Crippen MR) is 85.7 cm³/mol. The van der Waals surface area contributed by atoms with Gasteiger partial charge in [0.1, 0.15) is 5.82 Å². The molecule has 1 fully saturated rings. The van der Waals surface area contributed by atoms with Gasteiger partial charge in [-0.2, -0.15) is 0 Å². The molecule has 1 atom stereocenters. The molecule has 0 amide bonds. The normalized spacial score (nSPS) is 19.3. The number of aromatic nitrogens is 2. The van der Waals surface area contributed by atoms with E-state index < -0.39 is 0 Å². The molecule has 0 aromatic carbocycles. The molecule has 118 valence electrons. The van der Waals surface area contributed by atoms with Crippen LogP contribution in [0.2, 0.25) is 0 Å². The number of hydrogen-bond acceptors (Lipinski definition) is 5. The lowest BCUT2D eigenvalue weighted by molar-refractivity contribution is 0.0987. The van der Waals surface area contributed by atoms with Crippen LogP contribution in [0.1, 0.15) is 51.6 Å². The molecule has 1 unspecified atom stereocenters. The van der Waals surface area contributed by atoms with E-state index in [1.807, 2.05) is 6.20 Å². The summed E-state index contributed by atoms with van der Waals surface area (Å²) in [5, 5.41) is 3.46. The molecule has 5 nitrogen and oxygen atoms in total. The van der Waals surface area contributed by atoms with Crippen LogP contribution in [0, 0.1) is 0 Å². The molecule has 1 aromatic rings. The molecule has 0 saturated carbocycles. The average molecular weight is 292 g/mol. The van der Waals surface area contributed by atoms with Crippen LogP contribution in [0.15, 0.2) is 6.20 Å². The summed E-state index contributed by atoms with van der Waals surface area (Å²) < 4.78 is 5.54. The lowest BCUT2D eigenvalue weighted by Crippen LogP contribution is -2.44. The topological polar surface area (TPSA) is 50.3 Å². The Kier molecular flexibility index (Phi) is 5.94. The average Bonchev–Trinajstić information content (AvgIpc) is 2.48. The summed E-state index contributed by atoms with van der Waals surface area (Å²) in [5.41, 5.74) is 2.26. The molecule has 1 aromatic heterocycles. The summed E-state index contributed by atoms with van der Waals surface area (Å²) >= 11 is 0. The molecule has 1 N–H and O–H groups in total. The summed E-state index contributed by atoms with van der Waals surface area (Å²) in [5.74, 6) is 1.28. The lowest BCUT2D eigenvalue weighted by atomic mass is 10.1. The second-order valence-corrected chi connectivity index (χ2v) is 6.01. The summed E-state index contributed by atoms with van der Waals surface area (Å²) in [6.07, 6.45) is 3.12. The predicted octanol–water partition coefficient (Wildman–Crippen LogP) is 2.32. The van der Waals surface area contributed by atoms with E-state index in [0.29, 0.717) is 12.0 Å². The van der Waals surface area contributed by atoms with Gasteiger partial charge in [-0.15, -0.1) is 0 Å². The van der Waals surface area contributed by atoms with Crippen molar-refractivity contribution in [2.75, 3.05) is 31.2 Å². The highest BCUT2D eigenvalue weighted by Crippen LogP contribution is 2.24. The van der Waals surface area contributed by atoms with Crippen LogP contribution < -0.4 is 10.2 Å². The van der Waals surface area contributed by atoms with Gasteiger partial charge >= 0.3 is 0 Å².